The Bertz CT molecular complexity index is 996. The van der Waals surface area contributed by atoms with Crippen molar-refractivity contribution in [3.05, 3.63) is 95.4 Å². The zero-order chi connectivity index (χ0) is 22.9. The number of hydrogen-bond acceptors (Lipinski definition) is 3. The molecule has 0 saturated carbocycles. The first-order valence-electron chi connectivity index (χ1n) is 11.1. The van der Waals surface area contributed by atoms with Crippen LogP contribution in [0.25, 0.3) is 0 Å². The van der Waals surface area contributed by atoms with E-state index in [0.29, 0.717) is 19.6 Å². The van der Waals surface area contributed by atoms with E-state index < -0.39 is 0 Å². The quantitative estimate of drug-likeness (QED) is 0.460. The Labute approximate surface area is 190 Å². The SMILES string of the molecule is Cc1ccc(CN(Cc2ccccc2)C(=O)CN(CC(C)C)C(=O)Cc2ccccc2)o1. The van der Waals surface area contributed by atoms with Crippen LogP contribution in [0.3, 0.4) is 0 Å². The molecule has 0 fully saturated rings. The number of hydrogen-bond donors (Lipinski definition) is 0. The van der Waals surface area contributed by atoms with Gasteiger partial charge in [0.05, 0.1) is 19.5 Å². The summed E-state index contributed by atoms with van der Waals surface area (Å²) in [6.07, 6.45) is 0.289. The van der Waals surface area contributed by atoms with E-state index in [1.165, 1.54) is 0 Å². The minimum atomic E-state index is -0.0926. The number of furan rings is 1. The van der Waals surface area contributed by atoms with Crippen LogP contribution in [0.5, 0.6) is 0 Å². The molecule has 5 nitrogen and oxygen atoms in total. The lowest BCUT2D eigenvalue weighted by atomic mass is 10.1. The van der Waals surface area contributed by atoms with Crippen molar-refractivity contribution in [2.45, 2.75) is 40.3 Å². The van der Waals surface area contributed by atoms with E-state index in [0.717, 1.165) is 22.6 Å². The van der Waals surface area contributed by atoms with E-state index in [1.807, 2.05) is 79.7 Å². The lowest BCUT2D eigenvalue weighted by Gasteiger charge is -2.28. The molecule has 0 N–H and O–H groups in total. The van der Waals surface area contributed by atoms with Gasteiger partial charge in [-0.25, -0.2) is 0 Å². The summed E-state index contributed by atoms with van der Waals surface area (Å²) in [6, 6.07) is 23.3. The zero-order valence-corrected chi connectivity index (χ0v) is 19.2. The number of amides is 2. The first-order valence-corrected chi connectivity index (χ1v) is 11.1. The summed E-state index contributed by atoms with van der Waals surface area (Å²) in [4.78, 5) is 29.9. The van der Waals surface area contributed by atoms with Gasteiger partial charge >= 0.3 is 0 Å². The molecule has 2 amide bonds. The van der Waals surface area contributed by atoms with Crippen molar-refractivity contribution in [1.29, 1.82) is 0 Å². The number of carbonyl (C=O) groups is 2. The van der Waals surface area contributed by atoms with E-state index in [2.05, 4.69) is 13.8 Å². The zero-order valence-electron chi connectivity index (χ0n) is 19.2. The molecule has 1 heterocycles. The van der Waals surface area contributed by atoms with Crippen LogP contribution in [0, 0.1) is 12.8 Å². The topological polar surface area (TPSA) is 53.8 Å². The average Bonchev–Trinajstić information content (AvgIpc) is 3.18. The van der Waals surface area contributed by atoms with Crippen molar-refractivity contribution in [3.8, 4) is 0 Å². The van der Waals surface area contributed by atoms with E-state index in [-0.39, 0.29) is 30.7 Å². The highest BCUT2D eigenvalue weighted by Crippen LogP contribution is 2.14. The molecule has 168 valence electrons. The summed E-state index contributed by atoms with van der Waals surface area (Å²) < 4.78 is 5.72. The molecule has 1 aromatic heterocycles. The molecule has 0 unspecified atom stereocenters. The Morgan fingerprint density at radius 1 is 0.781 bits per heavy atom. The van der Waals surface area contributed by atoms with Gasteiger partial charge in [-0.15, -0.1) is 0 Å². The van der Waals surface area contributed by atoms with Gasteiger partial charge in [0.1, 0.15) is 11.5 Å². The van der Waals surface area contributed by atoms with Crippen molar-refractivity contribution in [2.75, 3.05) is 13.1 Å². The highest BCUT2D eigenvalue weighted by atomic mass is 16.3. The second-order valence-corrected chi connectivity index (χ2v) is 8.58. The molecule has 0 aliphatic rings. The van der Waals surface area contributed by atoms with Gasteiger partial charge in [-0.2, -0.15) is 0 Å². The van der Waals surface area contributed by atoms with Crippen molar-refractivity contribution in [3.63, 3.8) is 0 Å². The average molecular weight is 433 g/mol. The summed E-state index contributed by atoms with van der Waals surface area (Å²) in [5, 5.41) is 0. The predicted octanol–water partition coefficient (Wildman–Crippen LogP) is 4.84. The lowest BCUT2D eigenvalue weighted by molar-refractivity contribution is -0.141. The second kappa shape index (κ2) is 11.3. The predicted molar refractivity (Wildman–Crippen MR) is 126 cm³/mol. The minimum Gasteiger partial charge on any atom is -0.464 e. The third-order valence-corrected chi connectivity index (χ3v) is 5.17. The van der Waals surface area contributed by atoms with Crippen LogP contribution in [0.2, 0.25) is 0 Å². The fourth-order valence-electron chi connectivity index (χ4n) is 3.64. The van der Waals surface area contributed by atoms with Crippen LogP contribution in [0.15, 0.2) is 77.2 Å². The summed E-state index contributed by atoms with van der Waals surface area (Å²) in [5.74, 6) is 1.68. The maximum Gasteiger partial charge on any atom is 0.242 e. The van der Waals surface area contributed by atoms with Gasteiger partial charge in [-0.05, 0) is 36.1 Å². The standard InChI is InChI=1S/C27H32N2O3/c1-21(2)17-28(26(30)16-23-10-6-4-7-11-23)20-27(31)29(18-24-12-8-5-9-13-24)19-25-15-14-22(3)32-25/h4-15,21H,16-20H2,1-3H3. The summed E-state index contributed by atoms with van der Waals surface area (Å²) in [6.45, 7) is 7.42. The highest BCUT2D eigenvalue weighted by molar-refractivity contribution is 5.86. The van der Waals surface area contributed by atoms with Crippen LogP contribution >= 0.6 is 0 Å². The fraction of sp³-hybridized carbons (Fsp3) is 0.333. The molecular weight excluding hydrogens is 400 g/mol. The molecule has 0 aliphatic carbocycles. The van der Waals surface area contributed by atoms with Crippen LogP contribution in [-0.4, -0.2) is 34.7 Å². The normalized spacial score (nSPS) is 10.9. The Morgan fingerprint density at radius 3 is 1.97 bits per heavy atom. The minimum absolute atomic E-state index is 0.0354. The molecule has 3 rings (SSSR count). The third kappa shape index (κ3) is 7.12. The molecule has 5 heteroatoms. The molecule has 0 aliphatic heterocycles. The van der Waals surface area contributed by atoms with Gasteiger partial charge in [0.15, 0.2) is 0 Å². The van der Waals surface area contributed by atoms with Gasteiger partial charge < -0.3 is 14.2 Å². The number of carbonyl (C=O) groups excluding carboxylic acids is 2. The molecule has 0 spiro atoms. The van der Waals surface area contributed by atoms with Crippen LogP contribution in [0.4, 0.5) is 0 Å². The monoisotopic (exact) mass is 432 g/mol. The Balaban J connectivity index is 1.75. The maximum atomic E-state index is 13.4. The first kappa shape index (κ1) is 23.3. The summed E-state index contributed by atoms with van der Waals surface area (Å²) in [7, 11) is 0. The smallest absolute Gasteiger partial charge is 0.242 e. The van der Waals surface area contributed by atoms with Crippen molar-refractivity contribution < 1.29 is 14.0 Å². The molecule has 3 aromatic rings. The molecule has 2 aromatic carbocycles. The van der Waals surface area contributed by atoms with Gasteiger partial charge in [-0.1, -0.05) is 74.5 Å². The second-order valence-electron chi connectivity index (χ2n) is 8.58. The number of nitrogens with zero attached hydrogens (tertiary/aromatic N) is 2. The van der Waals surface area contributed by atoms with Crippen molar-refractivity contribution >= 4 is 11.8 Å². The van der Waals surface area contributed by atoms with Gasteiger partial charge in [0, 0.05) is 13.1 Å². The summed E-state index contributed by atoms with van der Waals surface area (Å²) >= 11 is 0. The number of benzene rings is 2. The highest BCUT2D eigenvalue weighted by Gasteiger charge is 2.23. The molecule has 0 atom stereocenters. The first-order chi connectivity index (χ1) is 15.4. The van der Waals surface area contributed by atoms with Gasteiger partial charge in [-0.3, -0.25) is 9.59 Å². The maximum absolute atomic E-state index is 13.4. The number of rotatable bonds is 10. The molecule has 0 bridgehead atoms. The van der Waals surface area contributed by atoms with Crippen LogP contribution in [-0.2, 0) is 29.1 Å². The molecular formula is C27H32N2O3. The number of aryl methyl sites for hydroxylation is 1. The van der Waals surface area contributed by atoms with Crippen LogP contribution < -0.4 is 0 Å². The summed E-state index contributed by atoms with van der Waals surface area (Å²) in [5.41, 5.74) is 1.99. The largest absolute Gasteiger partial charge is 0.464 e. The fourth-order valence-corrected chi connectivity index (χ4v) is 3.64. The Hall–Kier alpha value is -3.34. The Kier molecular flexibility index (Phi) is 8.26. The van der Waals surface area contributed by atoms with Gasteiger partial charge in [0.2, 0.25) is 11.8 Å². The van der Waals surface area contributed by atoms with E-state index >= 15 is 0 Å². The van der Waals surface area contributed by atoms with E-state index in [1.54, 1.807) is 9.80 Å². The Morgan fingerprint density at radius 2 is 1.41 bits per heavy atom. The molecule has 32 heavy (non-hydrogen) atoms. The molecule has 0 radical (unpaired) electrons. The van der Waals surface area contributed by atoms with Gasteiger partial charge in [0.25, 0.3) is 0 Å². The van der Waals surface area contributed by atoms with E-state index in [4.69, 9.17) is 4.42 Å². The third-order valence-electron chi connectivity index (χ3n) is 5.17. The van der Waals surface area contributed by atoms with Crippen molar-refractivity contribution in [1.82, 2.24) is 9.80 Å². The molecule has 0 saturated heterocycles. The lowest BCUT2D eigenvalue weighted by Crippen LogP contribution is -2.44. The van der Waals surface area contributed by atoms with Crippen LogP contribution in [0.1, 0.15) is 36.5 Å². The van der Waals surface area contributed by atoms with E-state index in [9.17, 15) is 9.59 Å². The van der Waals surface area contributed by atoms with Crippen molar-refractivity contribution in [2.24, 2.45) is 5.92 Å².